The lowest BCUT2D eigenvalue weighted by molar-refractivity contribution is -0.113. The Morgan fingerprint density at radius 2 is 2.30 bits per heavy atom. The van der Waals surface area contributed by atoms with Crippen LogP contribution in [0.4, 0.5) is 0 Å². The van der Waals surface area contributed by atoms with Crippen molar-refractivity contribution in [1.29, 1.82) is 0 Å². The molecule has 10 heavy (non-hydrogen) atoms. The summed E-state index contributed by atoms with van der Waals surface area (Å²) in [4.78, 5) is 13.3. The van der Waals surface area contributed by atoms with Gasteiger partial charge >= 0.3 is 0 Å². The zero-order chi connectivity index (χ0) is 7.82. The van der Waals surface area contributed by atoms with Gasteiger partial charge in [-0.2, -0.15) is 0 Å². The van der Waals surface area contributed by atoms with Crippen LogP contribution in [0.2, 0.25) is 0 Å². The Kier molecular flexibility index (Phi) is 5.51. The number of nitrogens with two attached hydrogens (primary N) is 1. The van der Waals surface area contributed by atoms with E-state index in [9.17, 15) is 4.79 Å². The molecule has 0 aromatic carbocycles. The van der Waals surface area contributed by atoms with E-state index in [1.165, 1.54) is 12.3 Å². The largest absolute Gasteiger partial charge is 0.395 e. The Balaban J connectivity index is 0.000000180. The van der Waals surface area contributed by atoms with Crippen molar-refractivity contribution in [3.63, 3.8) is 0 Å². The third kappa shape index (κ3) is 5.14. The molecule has 4 nitrogen and oxygen atoms in total. The number of aliphatic hydroxyl groups excluding tert-OH is 1. The maximum Gasteiger partial charge on any atom is 0.269 e. The summed E-state index contributed by atoms with van der Waals surface area (Å²) in [5.74, 6) is -0.157. The Morgan fingerprint density at radius 3 is 2.40 bits per heavy atom. The van der Waals surface area contributed by atoms with Crippen LogP contribution in [0.3, 0.4) is 0 Å². The molecular formula is C6H10N2O2. The third-order valence-electron chi connectivity index (χ3n) is 0.656. The highest BCUT2D eigenvalue weighted by atomic mass is 16.3. The molecule has 0 spiro atoms. The van der Waals surface area contributed by atoms with E-state index in [0.29, 0.717) is 6.54 Å². The van der Waals surface area contributed by atoms with Crippen molar-refractivity contribution in [2.45, 2.75) is 0 Å². The lowest BCUT2D eigenvalue weighted by Crippen LogP contribution is -2.02. The number of hydrogen-bond donors (Lipinski definition) is 2. The summed E-state index contributed by atoms with van der Waals surface area (Å²) in [6, 6.07) is 0. The van der Waals surface area contributed by atoms with Gasteiger partial charge in [0.05, 0.1) is 6.61 Å². The molecule has 4 heteroatoms. The molecule has 0 aromatic rings. The Morgan fingerprint density at radius 1 is 1.70 bits per heavy atom. The highest BCUT2D eigenvalue weighted by molar-refractivity contribution is 6.03. The second-order valence-corrected chi connectivity index (χ2v) is 1.49. The highest BCUT2D eigenvalue weighted by Gasteiger charge is 1.90. The molecule has 0 radical (unpaired) electrons. The molecule has 0 atom stereocenters. The molecule has 1 heterocycles. The van der Waals surface area contributed by atoms with Gasteiger partial charge in [-0.05, 0) is 6.08 Å². The van der Waals surface area contributed by atoms with Gasteiger partial charge in [-0.15, -0.1) is 0 Å². The van der Waals surface area contributed by atoms with Gasteiger partial charge in [0.1, 0.15) is 0 Å². The van der Waals surface area contributed by atoms with Crippen LogP contribution in [0.5, 0.6) is 0 Å². The highest BCUT2D eigenvalue weighted by Crippen LogP contribution is 1.83. The average Bonchev–Trinajstić information content (AvgIpc) is 2.40. The molecule has 3 N–H and O–H groups in total. The summed E-state index contributed by atoms with van der Waals surface area (Å²) in [5.41, 5.74) is 4.78. The van der Waals surface area contributed by atoms with Crippen molar-refractivity contribution in [2.75, 3.05) is 13.2 Å². The first-order valence-corrected chi connectivity index (χ1v) is 2.87. The lowest BCUT2D eigenvalue weighted by Gasteiger charge is -1.71. The molecule has 0 aromatic heterocycles. The second-order valence-electron chi connectivity index (χ2n) is 1.49. The number of amides is 1. The average molecular weight is 142 g/mol. The van der Waals surface area contributed by atoms with Gasteiger partial charge in [-0.3, -0.25) is 4.79 Å². The van der Waals surface area contributed by atoms with Gasteiger partial charge in [0.15, 0.2) is 0 Å². The van der Waals surface area contributed by atoms with E-state index in [1.54, 1.807) is 6.08 Å². The van der Waals surface area contributed by atoms with Crippen molar-refractivity contribution in [3.05, 3.63) is 12.2 Å². The molecule has 0 aliphatic carbocycles. The zero-order valence-corrected chi connectivity index (χ0v) is 5.53. The quantitative estimate of drug-likeness (QED) is 0.497. The lowest BCUT2D eigenvalue weighted by atomic mass is 10.6. The number of aliphatic hydroxyl groups is 1. The number of carbonyl (C=O) groups excluding carboxylic acids is 1. The summed E-state index contributed by atoms with van der Waals surface area (Å²) < 4.78 is 0. The third-order valence-corrected chi connectivity index (χ3v) is 0.656. The van der Waals surface area contributed by atoms with Gasteiger partial charge in [-0.25, -0.2) is 4.99 Å². The van der Waals surface area contributed by atoms with Gasteiger partial charge in [0.25, 0.3) is 5.91 Å². The van der Waals surface area contributed by atoms with Crippen LogP contribution in [0.1, 0.15) is 0 Å². The van der Waals surface area contributed by atoms with Crippen LogP contribution in [0.15, 0.2) is 17.1 Å². The molecule has 0 fully saturated rings. The molecule has 0 unspecified atom stereocenters. The molecule has 1 aliphatic rings. The fourth-order valence-electron chi connectivity index (χ4n) is 0.285. The summed E-state index contributed by atoms with van der Waals surface area (Å²) in [5, 5.41) is 7.75. The normalized spacial score (nSPS) is 13.2. The van der Waals surface area contributed by atoms with Crippen LogP contribution >= 0.6 is 0 Å². The van der Waals surface area contributed by atoms with Gasteiger partial charge in [-0.1, -0.05) is 0 Å². The maximum absolute atomic E-state index is 9.96. The smallest absolute Gasteiger partial charge is 0.269 e. The molecule has 0 bridgehead atoms. The van der Waals surface area contributed by atoms with E-state index >= 15 is 0 Å². The summed E-state index contributed by atoms with van der Waals surface area (Å²) >= 11 is 0. The van der Waals surface area contributed by atoms with Gasteiger partial charge in [0.2, 0.25) is 0 Å². The fourth-order valence-corrected chi connectivity index (χ4v) is 0.285. The van der Waals surface area contributed by atoms with Crippen LogP contribution < -0.4 is 5.73 Å². The van der Waals surface area contributed by atoms with Crippen LogP contribution in [-0.2, 0) is 4.79 Å². The SMILES string of the molecule is NCCO.O=C1C=CC=N1. The molecule has 56 valence electrons. The molecule has 1 amide bonds. The van der Waals surface area contributed by atoms with Crippen molar-refractivity contribution in [2.24, 2.45) is 10.7 Å². The summed E-state index contributed by atoms with van der Waals surface area (Å²) in [7, 11) is 0. The Bertz CT molecular complexity index is 136. The van der Waals surface area contributed by atoms with E-state index in [0.717, 1.165) is 0 Å². The van der Waals surface area contributed by atoms with Gasteiger partial charge < -0.3 is 10.8 Å². The first-order valence-electron chi connectivity index (χ1n) is 2.87. The van der Waals surface area contributed by atoms with Crippen molar-refractivity contribution in [1.82, 2.24) is 0 Å². The Labute approximate surface area is 59.1 Å². The number of nitrogens with zero attached hydrogens (tertiary/aromatic N) is 1. The minimum atomic E-state index is -0.157. The van der Waals surface area contributed by atoms with E-state index in [1.807, 2.05) is 0 Å². The predicted octanol–water partition coefficient (Wildman–Crippen LogP) is -0.909. The molecular weight excluding hydrogens is 132 g/mol. The van der Waals surface area contributed by atoms with Crippen LogP contribution in [-0.4, -0.2) is 30.4 Å². The number of carbonyl (C=O) groups is 1. The van der Waals surface area contributed by atoms with Crippen molar-refractivity contribution >= 4 is 12.1 Å². The number of hydrogen-bond acceptors (Lipinski definition) is 3. The van der Waals surface area contributed by atoms with E-state index in [2.05, 4.69) is 4.99 Å². The molecule has 1 aliphatic heterocycles. The van der Waals surface area contributed by atoms with Crippen LogP contribution in [0, 0.1) is 0 Å². The van der Waals surface area contributed by atoms with E-state index in [-0.39, 0.29) is 12.5 Å². The minimum absolute atomic E-state index is 0.0972. The number of rotatable bonds is 1. The summed E-state index contributed by atoms with van der Waals surface area (Å²) in [6.07, 6.45) is 4.50. The first kappa shape index (κ1) is 9.00. The first-order chi connectivity index (χ1) is 4.81. The van der Waals surface area contributed by atoms with E-state index in [4.69, 9.17) is 10.8 Å². The number of allylic oxidation sites excluding steroid dienone is 1. The van der Waals surface area contributed by atoms with Crippen LogP contribution in [0.25, 0.3) is 0 Å². The number of aliphatic imine (C=N–C) groups is 1. The second kappa shape index (κ2) is 6.12. The summed E-state index contributed by atoms with van der Waals surface area (Å²) in [6.45, 7) is 0.472. The monoisotopic (exact) mass is 142 g/mol. The van der Waals surface area contributed by atoms with Gasteiger partial charge in [0, 0.05) is 18.8 Å². The maximum atomic E-state index is 9.96. The predicted molar refractivity (Wildman–Crippen MR) is 38.8 cm³/mol. The minimum Gasteiger partial charge on any atom is -0.395 e. The molecule has 0 saturated heterocycles. The van der Waals surface area contributed by atoms with Crippen molar-refractivity contribution < 1.29 is 9.90 Å². The standard InChI is InChI=1S/C4H3NO.C2H7NO/c6-4-2-1-3-5-4;3-1-2-4/h1-3H;4H,1-3H2. The molecule has 0 saturated carbocycles. The topological polar surface area (TPSA) is 75.7 Å². The fraction of sp³-hybridized carbons (Fsp3) is 0.333. The zero-order valence-electron chi connectivity index (χ0n) is 5.53. The Hall–Kier alpha value is -1.00. The van der Waals surface area contributed by atoms with Crippen molar-refractivity contribution in [3.8, 4) is 0 Å². The van der Waals surface area contributed by atoms with E-state index < -0.39 is 0 Å². The molecule has 1 rings (SSSR count).